The Labute approximate surface area is 113 Å². The maximum atomic E-state index is 12.8. The fraction of sp³-hybridized carbons (Fsp3) is 0.308. The van der Waals surface area contributed by atoms with Gasteiger partial charge in [-0.2, -0.15) is 13.2 Å². The van der Waals surface area contributed by atoms with Gasteiger partial charge < -0.3 is 5.11 Å². The van der Waals surface area contributed by atoms with Crippen LogP contribution in [0, 0.1) is 0 Å². The van der Waals surface area contributed by atoms with Crippen molar-refractivity contribution in [1.29, 1.82) is 0 Å². The van der Waals surface area contributed by atoms with E-state index in [0.29, 0.717) is 16.7 Å². The maximum absolute atomic E-state index is 12.8. The zero-order chi connectivity index (χ0) is 14.7. The van der Waals surface area contributed by atoms with E-state index in [1.54, 1.807) is 0 Å². The van der Waals surface area contributed by atoms with Gasteiger partial charge >= 0.3 is 6.18 Å². The Hall–Kier alpha value is -1.33. The number of hydrogen-bond donors (Lipinski definition) is 1. The highest BCUT2D eigenvalue weighted by Gasteiger charge is 2.52. The molecule has 0 bridgehead atoms. The Balaban J connectivity index is 3.01. The SMILES string of the molecule is CC(=O)C[C@@](O)(/C=C/c1ccc(Cl)cc1)C(F)(F)F. The number of rotatable bonds is 4. The third-order valence-corrected chi connectivity index (χ3v) is 2.68. The van der Waals surface area contributed by atoms with Crippen LogP contribution >= 0.6 is 11.6 Å². The number of aliphatic hydroxyl groups is 1. The van der Waals surface area contributed by atoms with Crippen molar-refractivity contribution < 1.29 is 23.1 Å². The Morgan fingerprint density at radius 2 is 1.84 bits per heavy atom. The van der Waals surface area contributed by atoms with Gasteiger partial charge in [-0.05, 0) is 30.7 Å². The van der Waals surface area contributed by atoms with E-state index < -0.39 is 24.0 Å². The summed E-state index contributed by atoms with van der Waals surface area (Å²) in [5.74, 6) is -0.749. The molecule has 0 spiro atoms. The lowest BCUT2D eigenvalue weighted by Gasteiger charge is -2.26. The van der Waals surface area contributed by atoms with Gasteiger partial charge in [0.1, 0.15) is 5.78 Å². The average Bonchev–Trinajstić information content (AvgIpc) is 2.26. The van der Waals surface area contributed by atoms with Crippen molar-refractivity contribution >= 4 is 23.5 Å². The molecule has 0 saturated carbocycles. The van der Waals surface area contributed by atoms with Crippen LogP contribution in [0.4, 0.5) is 13.2 Å². The molecule has 1 N–H and O–H groups in total. The van der Waals surface area contributed by atoms with Crippen molar-refractivity contribution in [3.63, 3.8) is 0 Å². The quantitative estimate of drug-likeness (QED) is 0.920. The molecule has 0 aliphatic rings. The molecular weight excluding hydrogens is 281 g/mol. The van der Waals surface area contributed by atoms with Crippen LogP contribution < -0.4 is 0 Å². The lowest BCUT2D eigenvalue weighted by molar-refractivity contribution is -0.240. The van der Waals surface area contributed by atoms with Crippen LogP contribution in [0.3, 0.4) is 0 Å². The predicted octanol–water partition coefficient (Wildman–Crippen LogP) is 3.63. The maximum Gasteiger partial charge on any atom is 0.421 e. The summed E-state index contributed by atoms with van der Waals surface area (Å²) in [6.45, 7) is 0.993. The van der Waals surface area contributed by atoms with E-state index >= 15 is 0 Å². The number of carbonyl (C=O) groups is 1. The summed E-state index contributed by atoms with van der Waals surface area (Å²) in [6, 6.07) is 6.03. The number of Topliss-reactive ketones (excluding diaryl/α,β-unsaturated/α-hetero) is 1. The molecule has 19 heavy (non-hydrogen) atoms. The topological polar surface area (TPSA) is 37.3 Å². The number of alkyl halides is 3. The van der Waals surface area contributed by atoms with Crippen LogP contribution in [-0.2, 0) is 4.79 Å². The Morgan fingerprint density at radius 3 is 2.26 bits per heavy atom. The number of ketones is 1. The molecule has 1 atom stereocenters. The highest BCUT2D eigenvalue weighted by molar-refractivity contribution is 6.30. The normalized spacial score (nSPS) is 15.5. The lowest BCUT2D eigenvalue weighted by Crippen LogP contribution is -2.44. The Morgan fingerprint density at radius 1 is 1.32 bits per heavy atom. The van der Waals surface area contributed by atoms with Crippen molar-refractivity contribution in [3.8, 4) is 0 Å². The second-order valence-electron chi connectivity index (χ2n) is 4.19. The molecule has 1 aromatic rings. The van der Waals surface area contributed by atoms with Gasteiger partial charge in [-0.1, -0.05) is 29.8 Å². The van der Waals surface area contributed by atoms with Gasteiger partial charge in [0, 0.05) is 11.4 Å². The number of benzene rings is 1. The molecule has 1 rings (SSSR count). The molecule has 6 heteroatoms. The summed E-state index contributed by atoms with van der Waals surface area (Å²) in [4.78, 5) is 10.9. The van der Waals surface area contributed by atoms with Crippen molar-refractivity contribution in [3.05, 3.63) is 40.9 Å². The van der Waals surface area contributed by atoms with Crippen LogP contribution in [0.1, 0.15) is 18.9 Å². The highest BCUT2D eigenvalue weighted by atomic mass is 35.5. The Bertz CT molecular complexity index is 480. The smallest absolute Gasteiger partial charge is 0.376 e. The van der Waals surface area contributed by atoms with Gasteiger partial charge in [-0.3, -0.25) is 4.79 Å². The molecule has 0 heterocycles. The molecule has 2 nitrogen and oxygen atoms in total. The number of carbonyl (C=O) groups excluding carboxylic acids is 1. The van der Waals surface area contributed by atoms with Gasteiger partial charge in [0.05, 0.1) is 0 Å². The molecule has 0 radical (unpaired) electrons. The van der Waals surface area contributed by atoms with E-state index in [9.17, 15) is 23.1 Å². The molecule has 0 saturated heterocycles. The molecule has 0 aliphatic carbocycles. The minimum atomic E-state index is -4.92. The molecule has 1 aromatic carbocycles. The molecule has 0 aliphatic heterocycles. The summed E-state index contributed by atoms with van der Waals surface area (Å²) in [5.41, 5.74) is -2.71. The number of halogens is 4. The van der Waals surface area contributed by atoms with Gasteiger partial charge in [0.25, 0.3) is 0 Å². The minimum absolute atomic E-state index is 0.440. The minimum Gasteiger partial charge on any atom is -0.376 e. The fourth-order valence-corrected chi connectivity index (χ4v) is 1.57. The van der Waals surface area contributed by atoms with Gasteiger partial charge in [0.2, 0.25) is 0 Å². The van der Waals surface area contributed by atoms with E-state index in [-0.39, 0.29) is 0 Å². The van der Waals surface area contributed by atoms with Gasteiger partial charge in [0.15, 0.2) is 5.60 Å². The van der Waals surface area contributed by atoms with Crippen LogP contribution in [0.15, 0.2) is 30.3 Å². The average molecular weight is 293 g/mol. The van der Waals surface area contributed by atoms with Crippen molar-refractivity contribution in [1.82, 2.24) is 0 Å². The van der Waals surface area contributed by atoms with Crippen LogP contribution in [0.25, 0.3) is 6.08 Å². The van der Waals surface area contributed by atoms with Crippen molar-refractivity contribution in [2.75, 3.05) is 0 Å². The molecule has 0 aromatic heterocycles. The van der Waals surface area contributed by atoms with Crippen molar-refractivity contribution in [2.24, 2.45) is 0 Å². The highest BCUT2D eigenvalue weighted by Crippen LogP contribution is 2.35. The summed E-state index contributed by atoms with van der Waals surface area (Å²) in [7, 11) is 0. The van der Waals surface area contributed by atoms with Crippen molar-refractivity contribution in [2.45, 2.75) is 25.1 Å². The zero-order valence-electron chi connectivity index (χ0n) is 10.0. The van der Waals surface area contributed by atoms with Crippen LogP contribution in [-0.4, -0.2) is 22.7 Å². The standard InChI is InChI=1S/C13H12ClF3O2/c1-9(18)8-12(19,13(15,16)17)7-6-10-2-4-11(14)5-3-10/h2-7,19H,8H2,1H3/b7-6+/t12-/m0/s1. The zero-order valence-corrected chi connectivity index (χ0v) is 10.8. The largest absolute Gasteiger partial charge is 0.421 e. The van der Waals surface area contributed by atoms with Crippen LogP contribution in [0.2, 0.25) is 5.02 Å². The predicted molar refractivity (Wildman–Crippen MR) is 66.8 cm³/mol. The molecule has 0 unspecified atom stereocenters. The summed E-state index contributed by atoms with van der Waals surface area (Å²) in [5, 5.41) is 10.0. The first kappa shape index (κ1) is 15.7. The van der Waals surface area contributed by atoms with Gasteiger partial charge in [-0.15, -0.1) is 0 Å². The molecular formula is C13H12ClF3O2. The molecule has 0 fully saturated rings. The Kier molecular flexibility index (Phi) is 4.76. The van der Waals surface area contributed by atoms with E-state index in [1.807, 2.05) is 0 Å². The third kappa shape index (κ3) is 4.36. The third-order valence-electron chi connectivity index (χ3n) is 2.43. The van der Waals surface area contributed by atoms with Gasteiger partial charge in [-0.25, -0.2) is 0 Å². The van der Waals surface area contributed by atoms with Crippen LogP contribution in [0.5, 0.6) is 0 Å². The summed E-state index contributed by atoms with van der Waals surface area (Å²) < 4.78 is 38.3. The fourth-order valence-electron chi connectivity index (χ4n) is 1.44. The molecule has 104 valence electrons. The van der Waals surface area contributed by atoms with E-state index in [2.05, 4.69) is 0 Å². The van der Waals surface area contributed by atoms with E-state index in [1.165, 1.54) is 24.3 Å². The van der Waals surface area contributed by atoms with E-state index in [0.717, 1.165) is 13.0 Å². The number of hydrogen-bond acceptors (Lipinski definition) is 2. The first-order valence-electron chi connectivity index (χ1n) is 5.37. The first-order chi connectivity index (χ1) is 8.64. The summed E-state index contributed by atoms with van der Waals surface area (Å²) >= 11 is 5.65. The lowest BCUT2D eigenvalue weighted by atomic mass is 9.95. The second-order valence-corrected chi connectivity index (χ2v) is 4.62. The molecule has 0 amide bonds. The van der Waals surface area contributed by atoms with E-state index in [4.69, 9.17) is 11.6 Å². The second kappa shape index (κ2) is 5.75. The monoisotopic (exact) mass is 292 g/mol. The first-order valence-corrected chi connectivity index (χ1v) is 5.75. The summed E-state index contributed by atoms with van der Waals surface area (Å²) in [6.07, 6.45) is -4.24.